The van der Waals surface area contributed by atoms with Crippen molar-refractivity contribution in [3.63, 3.8) is 0 Å². The summed E-state index contributed by atoms with van der Waals surface area (Å²) in [5, 5.41) is 7.89. The zero-order chi connectivity index (χ0) is 11.5. The molecule has 1 aliphatic rings. The number of carboxylic acids is 1. The van der Waals surface area contributed by atoms with Crippen LogP contribution in [0, 0.1) is 0 Å². The monoisotopic (exact) mass is 208 g/mol. The third kappa shape index (κ3) is 15.2. The largest absolute Gasteiger partial charge is 0.478 e. The zero-order valence-corrected chi connectivity index (χ0v) is 8.85. The predicted octanol–water partition coefficient (Wildman–Crippen LogP) is 2.35. The Balaban J connectivity index is 0.000000206. The first kappa shape index (κ1) is 13.4. The van der Waals surface area contributed by atoms with Crippen molar-refractivity contribution in [1.82, 2.24) is 0 Å². The quantitative estimate of drug-likeness (QED) is 0.569. The first-order valence-electron chi connectivity index (χ1n) is 4.61. The molecule has 1 N–H and O–H groups in total. The van der Waals surface area contributed by atoms with Crippen LogP contribution < -0.4 is 0 Å². The average molecular weight is 208 g/mol. The van der Waals surface area contributed by atoms with Crippen LogP contribution in [-0.2, 0) is 9.53 Å². The fourth-order valence-corrected chi connectivity index (χ4v) is 0.385. The number of hydrogen-bond donors (Lipinski definition) is 1. The standard InChI is InChI=1S/C6H6.C4H6O2.C2H4O/c1-2-4-6-5-3-1;1-3(2)4(5)6;1-2-3-1/h1-6H;1H2,2H3,(H,5,6);1-2H2. The van der Waals surface area contributed by atoms with Gasteiger partial charge in [-0.2, -0.15) is 0 Å². The van der Waals surface area contributed by atoms with E-state index in [9.17, 15) is 4.79 Å². The second kappa shape index (κ2) is 8.97. The Labute approximate surface area is 90.0 Å². The summed E-state index contributed by atoms with van der Waals surface area (Å²) in [6.07, 6.45) is 0. The van der Waals surface area contributed by atoms with Crippen LogP contribution in [0.4, 0.5) is 0 Å². The van der Waals surface area contributed by atoms with Gasteiger partial charge < -0.3 is 9.84 Å². The Morgan fingerprint density at radius 1 is 1.13 bits per heavy atom. The number of carboxylic acid groups (broad SMARTS) is 1. The number of epoxide rings is 1. The maximum Gasteiger partial charge on any atom is 0.330 e. The fraction of sp³-hybridized carbons (Fsp3) is 0.250. The molecular weight excluding hydrogens is 192 g/mol. The second-order valence-corrected chi connectivity index (χ2v) is 2.85. The molecule has 0 saturated carbocycles. The Morgan fingerprint density at radius 2 is 1.33 bits per heavy atom. The van der Waals surface area contributed by atoms with Gasteiger partial charge >= 0.3 is 5.97 Å². The van der Waals surface area contributed by atoms with Gasteiger partial charge in [-0.15, -0.1) is 0 Å². The van der Waals surface area contributed by atoms with Crippen LogP contribution in [0.2, 0.25) is 0 Å². The van der Waals surface area contributed by atoms with E-state index in [-0.39, 0.29) is 5.57 Å². The van der Waals surface area contributed by atoms with Gasteiger partial charge in [0.25, 0.3) is 0 Å². The van der Waals surface area contributed by atoms with E-state index in [2.05, 4.69) is 11.3 Å². The molecule has 15 heavy (non-hydrogen) atoms. The fourth-order valence-electron chi connectivity index (χ4n) is 0.385. The van der Waals surface area contributed by atoms with E-state index in [1.54, 1.807) is 0 Å². The van der Waals surface area contributed by atoms with Crippen molar-refractivity contribution in [2.45, 2.75) is 6.92 Å². The van der Waals surface area contributed by atoms with Crippen molar-refractivity contribution >= 4 is 5.97 Å². The molecule has 1 saturated heterocycles. The van der Waals surface area contributed by atoms with Crippen molar-refractivity contribution < 1.29 is 14.6 Å². The first-order valence-corrected chi connectivity index (χ1v) is 4.61. The Hall–Kier alpha value is -1.61. The summed E-state index contributed by atoms with van der Waals surface area (Å²) in [6.45, 7) is 6.60. The van der Waals surface area contributed by atoms with Crippen LogP contribution in [0.15, 0.2) is 48.6 Å². The van der Waals surface area contributed by atoms with E-state index < -0.39 is 5.97 Å². The minimum atomic E-state index is -0.935. The predicted molar refractivity (Wildman–Crippen MR) is 59.7 cm³/mol. The van der Waals surface area contributed by atoms with E-state index in [0.29, 0.717) is 0 Å². The van der Waals surface area contributed by atoms with Crippen molar-refractivity contribution in [1.29, 1.82) is 0 Å². The lowest BCUT2D eigenvalue weighted by atomic mass is 10.4. The summed E-state index contributed by atoms with van der Waals surface area (Å²) in [4.78, 5) is 9.60. The number of carbonyl (C=O) groups is 1. The summed E-state index contributed by atoms with van der Waals surface area (Å²) < 4.78 is 4.50. The molecule has 1 fully saturated rings. The van der Waals surface area contributed by atoms with E-state index in [0.717, 1.165) is 13.2 Å². The van der Waals surface area contributed by atoms with Crippen LogP contribution in [0.1, 0.15) is 6.92 Å². The highest BCUT2D eigenvalue weighted by Crippen LogP contribution is 1.84. The molecule has 0 amide bonds. The number of hydrogen-bond acceptors (Lipinski definition) is 2. The first-order chi connectivity index (χ1) is 7.14. The zero-order valence-electron chi connectivity index (χ0n) is 8.85. The third-order valence-corrected chi connectivity index (χ3v) is 1.24. The van der Waals surface area contributed by atoms with Crippen molar-refractivity contribution in [2.75, 3.05) is 13.2 Å². The topological polar surface area (TPSA) is 49.8 Å². The summed E-state index contributed by atoms with van der Waals surface area (Å²) in [5.41, 5.74) is 0.176. The van der Waals surface area contributed by atoms with Crippen LogP contribution >= 0.6 is 0 Å². The molecule has 0 aromatic heterocycles. The molecule has 1 aromatic rings. The molecule has 2 rings (SSSR count). The van der Waals surface area contributed by atoms with E-state index in [1.807, 2.05) is 36.4 Å². The Bertz CT molecular complexity index is 237. The van der Waals surface area contributed by atoms with Crippen LogP contribution in [0.3, 0.4) is 0 Å². The molecule has 1 aromatic carbocycles. The normalized spacial score (nSPS) is 11.0. The molecule has 3 heteroatoms. The molecular formula is C12H16O3. The SMILES string of the molecule is C1CO1.C=C(C)C(=O)O.c1ccccc1. The molecule has 1 aliphatic heterocycles. The molecule has 82 valence electrons. The van der Waals surface area contributed by atoms with E-state index in [1.165, 1.54) is 6.92 Å². The minimum absolute atomic E-state index is 0.176. The number of benzene rings is 1. The van der Waals surface area contributed by atoms with Gasteiger partial charge in [0.2, 0.25) is 0 Å². The highest BCUT2D eigenvalue weighted by atomic mass is 16.6. The summed E-state index contributed by atoms with van der Waals surface area (Å²) in [5.74, 6) is -0.935. The summed E-state index contributed by atoms with van der Waals surface area (Å²) in [7, 11) is 0. The highest BCUT2D eigenvalue weighted by Gasteiger charge is 1.94. The Morgan fingerprint density at radius 3 is 1.40 bits per heavy atom. The number of ether oxygens (including phenoxy) is 1. The molecule has 3 nitrogen and oxygen atoms in total. The second-order valence-electron chi connectivity index (χ2n) is 2.85. The lowest BCUT2D eigenvalue weighted by Gasteiger charge is -1.79. The Kier molecular flexibility index (Phi) is 8.00. The molecule has 1 heterocycles. The van der Waals surface area contributed by atoms with E-state index in [4.69, 9.17) is 5.11 Å². The van der Waals surface area contributed by atoms with Gasteiger partial charge in [-0.3, -0.25) is 0 Å². The molecule has 0 unspecified atom stereocenters. The third-order valence-electron chi connectivity index (χ3n) is 1.24. The molecule has 0 bridgehead atoms. The van der Waals surface area contributed by atoms with Gasteiger partial charge in [-0.05, 0) is 6.92 Å². The minimum Gasteiger partial charge on any atom is -0.478 e. The van der Waals surface area contributed by atoms with Crippen molar-refractivity contribution in [3.8, 4) is 0 Å². The smallest absolute Gasteiger partial charge is 0.330 e. The average Bonchev–Trinajstić information content (AvgIpc) is 3.08. The highest BCUT2D eigenvalue weighted by molar-refractivity contribution is 5.84. The van der Waals surface area contributed by atoms with E-state index >= 15 is 0 Å². The summed E-state index contributed by atoms with van der Waals surface area (Å²) >= 11 is 0. The van der Waals surface area contributed by atoms with Crippen molar-refractivity contribution in [3.05, 3.63) is 48.6 Å². The van der Waals surface area contributed by atoms with Gasteiger partial charge in [0.15, 0.2) is 0 Å². The van der Waals surface area contributed by atoms with Gasteiger partial charge in [0.05, 0.1) is 13.2 Å². The van der Waals surface area contributed by atoms with Gasteiger partial charge in [0, 0.05) is 5.57 Å². The maximum atomic E-state index is 9.60. The lowest BCUT2D eigenvalue weighted by Crippen LogP contribution is -1.92. The van der Waals surface area contributed by atoms with Crippen LogP contribution in [0.5, 0.6) is 0 Å². The summed E-state index contributed by atoms with van der Waals surface area (Å²) in [6, 6.07) is 12.0. The molecule has 0 spiro atoms. The molecule has 0 atom stereocenters. The van der Waals surface area contributed by atoms with Gasteiger partial charge in [0.1, 0.15) is 0 Å². The van der Waals surface area contributed by atoms with Crippen LogP contribution in [0.25, 0.3) is 0 Å². The van der Waals surface area contributed by atoms with Gasteiger partial charge in [-0.25, -0.2) is 4.79 Å². The molecule has 0 aliphatic carbocycles. The maximum absolute atomic E-state index is 9.60. The number of aliphatic carboxylic acids is 1. The lowest BCUT2D eigenvalue weighted by molar-refractivity contribution is -0.132. The van der Waals surface area contributed by atoms with Crippen LogP contribution in [-0.4, -0.2) is 24.3 Å². The van der Waals surface area contributed by atoms with Crippen molar-refractivity contribution in [2.24, 2.45) is 0 Å². The number of rotatable bonds is 1. The van der Waals surface area contributed by atoms with Gasteiger partial charge in [-0.1, -0.05) is 43.0 Å². The molecule has 0 radical (unpaired) electrons.